The van der Waals surface area contributed by atoms with Gasteiger partial charge < -0.3 is 5.11 Å². The number of carbonyl (C=O) groups is 1. The number of nitrogens with zero attached hydrogens (tertiary/aromatic N) is 1. The van der Waals surface area contributed by atoms with E-state index in [1.807, 2.05) is 6.07 Å². The number of thioether (sulfide) groups is 1. The maximum atomic E-state index is 10.5. The summed E-state index contributed by atoms with van der Waals surface area (Å²) in [7, 11) is 0. The van der Waals surface area contributed by atoms with Gasteiger partial charge in [-0.1, -0.05) is 12.2 Å². The van der Waals surface area contributed by atoms with Crippen LogP contribution in [0.1, 0.15) is 0 Å². The molecular weight excluding hydrogens is 252 g/mol. The molecule has 78 valence electrons. The molecule has 0 fully saturated rings. The van der Waals surface area contributed by atoms with E-state index >= 15 is 0 Å². The van der Waals surface area contributed by atoms with Gasteiger partial charge >= 0.3 is 5.97 Å². The Balaban J connectivity index is 2.37. The number of aliphatic carboxylic acids is 1. The van der Waals surface area contributed by atoms with E-state index in [1.165, 1.54) is 23.3 Å². The Labute approximate surface area is 98.8 Å². The van der Waals surface area contributed by atoms with Crippen molar-refractivity contribution in [2.24, 2.45) is 0 Å². The number of carboxylic acid groups (broad SMARTS) is 1. The van der Waals surface area contributed by atoms with E-state index in [4.69, 9.17) is 17.3 Å². The molecule has 1 aliphatic carbocycles. The third-order valence-corrected chi connectivity index (χ3v) is 4.02. The van der Waals surface area contributed by atoms with Crippen molar-refractivity contribution in [3.05, 3.63) is 16.6 Å². The lowest BCUT2D eigenvalue weighted by molar-refractivity contribution is -0.133. The van der Waals surface area contributed by atoms with Gasteiger partial charge in [-0.15, -0.1) is 11.8 Å². The highest BCUT2D eigenvalue weighted by Gasteiger charge is 2.13. The van der Waals surface area contributed by atoms with Crippen LogP contribution >= 0.6 is 35.5 Å². The fourth-order valence-electron chi connectivity index (χ4n) is 1.11. The number of fused-ring (bicyclic) bond motifs is 1. The first-order valence-electron chi connectivity index (χ1n) is 3.99. The third kappa shape index (κ3) is 2.19. The van der Waals surface area contributed by atoms with Crippen LogP contribution in [0.15, 0.2) is 17.0 Å². The summed E-state index contributed by atoms with van der Waals surface area (Å²) in [5.74, 6) is -0.784. The van der Waals surface area contributed by atoms with Crippen molar-refractivity contribution in [3.63, 3.8) is 0 Å². The number of rotatable bonds is 3. The molecule has 0 aromatic carbocycles. The van der Waals surface area contributed by atoms with E-state index in [2.05, 4.69) is 9.59 Å². The summed E-state index contributed by atoms with van der Waals surface area (Å²) in [5, 5.41) is 12.6. The molecule has 1 aliphatic heterocycles. The Kier molecular flexibility index (Phi) is 3.03. The summed E-state index contributed by atoms with van der Waals surface area (Å²) < 4.78 is 3.45. The van der Waals surface area contributed by atoms with Gasteiger partial charge in [-0.3, -0.25) is 4.79 Å². The van der Waals surface area contributed by atoms with Crippen molar-refractivity contribution < 1.29 is 9.90 Å². The summed E-state index contributed by atoms with van der Waals surface area (Å²) in [6.45, 7) is 0. The molecule has 0 aromatic heterocycles. The van der Waals surface area contributed by atoms with Crippen LogP contribution in [0.25, 0.3) is 10.6 Å². The normalized spacial score (nSPS) is 10.7. The van der Waals surface area contributed by atoms with E-state index < -0.39 is 5.97 Å². The SMILES string of the molecule is O=C(O)CSc1ccc(=S)c2n[nH]sc1-2. The molecule has 0 saturated heterocycles. The van der Waals surface area contributed by atoms with Crippen LogP contribution in [-0.4, -0.2) is 26.4 Å². The number of hydrogen-bond acceptors (Lipinski definition) is 5. The number of hydrogen-bond donors (Lipinski definition) is 2. The second kappa shape index (κ2) is 4.30. The molecule has 0 amide bonds. The molecule has 7 heteroatoms. The van der Waals surface area contributed by atoms with Crippen LogP contribution in [-0.2, 0) is 4.79 Å². The minimum atomic E-state index is -0.830. The van der Waals surface area contributed by atoms with Crippen LogP contribution in [0, 0.1) is 4.51 Å². The van der Waals surface area contributed by atoms with E-state index in [9.17, 15) is 4.79 Å². The molecule has 0 aromatic rings. The minimum Gasteiger partial charge on any atom is -0.481 e. The molecule has 0 atom stereocenters. The van der Waals surface area contributed by atoms with E-state index in [0.29, 0.717) is 4.51 Å². The van der Waals surface area contributed by atoms with Gasteiger partial charge in [-0.2, -0.15) is 5.10 Å². The first-order chi connectivity index (χ1) is 7.18. The van der Waals surface area contributed by atoms with Gasteiger partial charge in [-0.25, -0.2) is 4.49 Å². The third-order valence-electron chi connectivity index (χ3n) is 1.71. The zero-order valence-electron chi connectivity index (χ0n) is 7.39. The summed E-state index contributed by atoms with van der Waals surface area (Å²) in [6, 6.07) is 3.61. The van der Waals surface area contributed by atoms with Crippen molar-refractivity contribution >= 4 is 41.5 Å². The average Bonchev–Trinajstić information content (AvgIpc) is 2.66. The minimum absolute atomic E-state index is 0.0454. The second-order valence-corrected chi connectivity index (χ2v) is 4.98. The number of nitrogens with one attached hydrogen (secondary N) is 1. The zero-order valence-corrected chi connectivity index (χ0v) is 9.84. The van der Waals surface area contributed by atoms with Crippen LogP contribution in [0.5, 0.6) is 0 Å². The van der Waals surface area contributed by atoms with Gasteiger partial charge in [0.1, 0.15) is 5.69 Å². The predicted octanol–water partition coefficient (Wildman–Crippen LogP) is 2.48. The zero-order chi connectivity index (χ0) is 10.8. The summed E-state index contributed by atoms with van der Waals surface area (Å²) >= 11 is 7.74. The molecular formula is C8H6N2O2S3. The Bertz CT molecular complexity index is 519. The van der Waals surface area contributed by atoms with Crippen LogP contribution in [0.3, 0.4) is 0 Å². The highest BCUT2D eigenvalue weighted by Crippen LogP contribution is 2.34. The van der Waals surface area contributed by atoms with E-state index in [-0.39, 0.29) is 5.75 Å². The first kappa shape index (κ1) is 10.6. The lowest BCUT2D eigenvalue weighted by atomic mass is 10.3. The number of carboxylic acids is 1. The van der Waals surface area contributed by atoms with E-state index in [1.54, 1.807) is 6.07 Å². The summed E-state index contributed by atoms with van der Waals surface area (Å²) in [6.07, 6.45) is 0. The smallest absolute Gasteiger partial charge is 0.313 e. The highest BCUT2D eigenvalue weighted by molar-refractivity contribution is 8.00. The second-order valence-electron chi connectivity index (χ2n) is 2.73. The number of aromatic amines is 1. The molecule has 0 spiro atoms. The molecule has 1 heterocycles. The molecule has 0 bridgehead atoms. The monoisotopic (exact) mass is 258 g/mol. The Morgan fingerprint density at radius 3 is 3.20 bits per heavy atom. The van der Waals surface area contributed by atoms with Gasteiger partial charge in [0.15, 0.2) is 0 Å². The molecule has 4 nitrogen and oxygen atoms in total. The molecule has 0 saturated carbocycles. The largest absolute Gasteiger partial charge is 0.481 e. The van der Waals surface area contributed by atoms with Gasteiger partial charge in [0.25, 0.3) is 0 Å². The standard InChI is InChI=1S/C8H6N2O2S3/c11-6(12)3-14-5-2-1-4(13)7-8(5)15-10-9-7/h1-2,10H,3H2,(H,11,12). The predicted molar refractivity (Wildman–Crippen MR) is 62.3 cm³/mol. The summed E-state index contributed by atoms with van der Waals surface area (Å²) in [5.41, 5.74) is 0.741. The Morgan fingerprint density at radius 2 is 2.47 bits per heavy atom. The van der Waals surface area contributed by atoms with Crippen molar-refractivity contribution in [2.75, 3.05) is 5.75 Å². The van der Waals surface area contributed by atoms with Crippen LogP contribution < -0.4 is 0 Å². The maximum Gasteiger partial charge on any atom is 0.313 e. The highest BCUT2D eigenvalue weighted by atomic mass is 32.2. The quantitative estimate of drug-likeness (QED) is 0.654. The van der Waals surface area contributed by atoms with E-state index in [0.717, 1.165) is 15.5 Å². The van der Waals surface area contributed by atoms with Crippen molar-refractivity contribution in [2.45, 2.75) is 4.90 Å². The van der Waals surface area contributed by atoms with Crippen LogP contribution in [0.4, 0.5) is 0 Å². The molecule has 0 radical (unpaired) electrons. The molecule has 2 aliphatic rings. The lowest BCUT2D eigenvalue weighted by Gasteiger charge is -2.02. The van der Waals surface area contributed by atoms with Crippen molar-refractivity contribution in [1.82, 2.24) is 9.59 Å². The lowest BCUT2D eigenvalue weighted by Crippen LogP contribution is -1.97. The van der Waals surface area contributed by atoms with Gasteiger partial charge in [0.2, 0.25) is 0 Å². The average molecular weight is 258 g/mol. The molecule has 15 heavy (non-hydrogen) atoms. The topological polar surface area (TPSA) is 66.0 Å². The van der Waals surface area contributed by atoms with Crippen LogP contribution in [0.2, 0.25) is 0 Å². The fraction of sp³-hybridized carbons (Fsp3) is 0.125. The molecule has 0 unspecified atom stereocenters. The van der Waals surface area contributed by atoms with Crippen molar-refractivity contribution in [1.29, 1.82) is 0 Å². The fourth-order valence-corrected chi connectivity index (χ4v) is 3.01. The maximum absolute atomic E-state index is 10.5. The number of aromatic nitrogens is 2. The number of H-pyrrole nitrogens is 1. The Morgan fingerprint density at radius 1 is 1.67 bits per heavy atom. The van der Waals surface area contributed by atoms with Gasteiger partial charge in [0.05, 0.1) is 15.1 Å². The van der Waals surface area contributed by atoms with Gasteiger partial charge in [0, 0.05) is 4.90 Å². The summed E-state index contributed by atoms with van der Waals surface area (Å²) in [4.78, 5) is 12.3. The first-order valence-corrected chi connectivity index (χ1v) is 6.20. The Hall–Kier alpha value is -0.920. The molecule has 2 rings (SSSR count). The van der Waals surface area contributed by atoms with Gasteiger partial charge in [-0.05, 0) is 23.7 Å². The number of benzene rings is 1. The van der Waals surface area contributed by atoms with Crippen molar-refractivity contribution in [3.8, 4) is 10.6 Å². The molecule has 2 N–H and O–H groups in total.